The molecule has 15 heavy (non-hydrogen) atoms. The van der Waals surface area contributed by atoms with Gasteiger partial charge in [0.25, 0.3) is 0 Å². The third-order valence-electron chi connectivity index (χ3n) is 2.27. The summed E-state index contributed by atoms with van der Waals surface area (Å²) in [6.45, 7) is 3.98. The Morgan fingerprint density at radius 1 is 1.40 bits per heavy atom. The lowest BCUT2D eigenvalue weighted by Gasteiger charge is -2.14. The van der Waals surface area contributed by atoms with Crippen molar-refractivity contribution in [3.8, 4) is 0 Å². The number of hydrogen-bond donors (Lipinski definition) is 2. The van der Waals surface area contributed by atoms with Crippen molar-refractivity contribution < 1.29 is 9.90 Å². The molecule has 0 spiro atoms. The highest BCUT2D eigenvalue weighted by molar-refractivity contribution is 5.77. The van der Waals surface area contributed by atoms with Gasteiger partial charge in [0.15, 0.2) is 0 Å². The van der Waals surface area contributed by atoms with Crippen LogP contribution in [0, 0.1) is 6.92 Å². The predicted molar refractivity (Wildman–Crippen MR) is 61.1 cm³/mol. The third-order valence-corrected chi connectivity index (χ3v) is 2.27. The molecule has 0 bridgehead atoms. The van der Waals surface area contributed by atoms with Gasteiger partial charge in [-0.2, -0.15) is 0 Å². The van der Waals surface area contributed by atoms with Gasteiger partial charge in [-0.15, -0.1) is 0 Å². The van der Waals surface area contributed by atoms with Crippen molar-refractivity contribution in [1.82, 2.24) is 0 Å². The molecule has 3 nitrogen and oxygen atoms in total. The molecule has 0 aromatic heterocycles. The van der Waals surface area contributed by atoms with Crippen LogP contribution >= 0.6 is 0 Å². The molecule has 82 valence electrons. The van der Waals surface area contributed by atoms with Crippen molar-refractivity contribution in [3.63, 3.8) is 0 Å². The molecule has 0 unspecified atom stereocenters. The van der Waals surface area contributed by atoms with Gasteiger partial charge in [0, 0.05) is 5.69 Å². The topological polar surface area (TPSA) is 49.3 Å². The third kappa shape index (κ3) is 3.62. The lowest BCUT2D eigenvalue weighted by molar-refractivity contribution is -0.138. The van der Waals surface area contributed by atoms with Crippen LogP contribution in [-0.2, 0) is 4.79 Å². The van der Waals surface area contributed by atoms with Crippen molar-refractivity contribution in [1.29, 1.82) is 0 Å². The second-order valence-corrected chi connectivity index (χ2v) is 3.69. The summed E-state index contributed by atoms with van der Waals surface area (Å²) in [6.07, 6.45) is 1.50. The molecule has 1 aromatic rings. The van der Waals surface area contributed by atoms with E-state index < -0.39 is 12.0 Å². The molecular formula is C12H17NO2. The summed E-state index contributed by atoms with van der Waals surface area (Å²) in [7, 11) is 0. The number of hydrogen-bond acceptors (Lipinski definition) is 2. The lowest BCUT2D eigenvalue weighted by atomic mass is 10.1. The molecule has 1 rings (SSSR count). The second kappa shape index (κ2) is 5.39. The summed E-state index contributed by atoms with van der Waals surface area (Å²) in [5.74, 6) is -0.794. The van der Waals surface area contributed by atoms with Crippen LogP contribution in [-0.4, -0.2) is 17.1 Å². The summed E-state index contributed by atoms with van der Waals surface area (Å²) in [6, 6.07) is 7.25. The molecule has 0 amide bonds. The first-order valence-corrected chi connectivity index (χ1v) is 5.19. The minimum atomic E-state index is -0.794. The average molecular weight is 207 g/mol. The quantitative estimate of drug-likeness (QED) is 0.780. The first-order chi connectivity index (χ1) is 7.13. The zero-order valence-corrected chi connectivity index (χ0v) is 9.16. The number of benzene rings is 1. The lowest BCUT2D eigenvalue weighted by Crippen LogP contribution is -2.28. The Morgan fingerprint density at radius 2 is 2.00 bits per heavy atom. The van der Waals surface area contributed by atoms with Crippen molar-refractivity contribution in [3.05, 3.63) is 29.8 Å². The molecule has 0 saturated heterocycles. The van der Waals surface area contributed by atoms with Gasteiger partial charge in [-0.3, -0.25) is 0 Å². The molecule has 2 N–H and O–H groups in total. The maximum absolute atomic E-state index is 10.9. The Hall–Kier alpha value is -1.51. The van der Waals surface area contributed by atoms with Gasteiger partial charge in [0.2, 0.25) is 0 Å². The fourth-order valence-corrected chi connectivity index (χ4v) is 1.40. The van der Waals surface area contributed by atoms with Crippen molar-refractivity contribution >= 4 is 11.7 Å². The van der Waals surface area contributed by atoms with Gasteiger partial charge in [-0.25, -0.2) is 4.79 Å². The zero-order valence-electron chi connectivity index (χ0n) is 9.16. The van der Waals surface area contributed by atoms with Crippen LogP contribution in [0.5, 0.6) is 0 Å². The largest absolute Gasteiger partial charge is 0.480 e. The minimum Gasteiger partial charge on any atom is -0.480 e. The van der Waals surface area contributed by atoms with E-state index in [1.54, 1.807) is 0 Å². The number of nitrogens with one attached hydrogen (secondary N) is 1. The number of anilines is 1. The van der Waals surface area contributed by atoms with E-state index in [1.165, 1.54) is 5.56 Å². The van der Waals surface area contributed by atoms with E-state index in [0.29, 0.717) is 6.42 Å². The summed E-state index contributed by atoms with van der Waals surface area (Å²) in [4.78, 5) is 10.9. The van der Waals surface area contributed by atoms with Crippen molar-refractivity contribution in [2.24, 2.45) is 0 Å². The first-order valence-electron chi connectivity index (χ1n) is 5.19. The molecule has 0 aliphatic carbocycles. The van der Waals surface area contributed by atoms with E-state index in [9.17, 15) is 4.79 Å². The Balaban J connectivity index is 2.65. The van der Waals surface area contributed by atoms with Crippen LogP contribution in [0.4, 0.5) is 5.69 Å². The number of carbonyl (C=O) groups is 1. The highest BCUT2D eigenvalue weighted by Gasteiger charge is 2.15. The molecule has 1 atom stereocenters. The van der Waals surface area contributed by atoms with Gasteiger partial charge in [-0.05, 0) is 25.5 Å². The standard InChI is InChI=1S/C12H17NO2/c1-3-4-11(12(14)15)13-10-7-5-9(2)6-8-10/h5-8,11,13H,3-4H2,1-2H3,(H,14,15)/t11-/m1/s1. The predicted octanol–water partition coefficient (Wildman–Crippen LogP) is 2.66. The Morgan fingerprint density at radius 3 is 2.47 bits per heavy atom. The fraction of sp³-hybridized carbons (Fsp3) is 0.417. The molecular weight excluding hydrogens is 190 g/mol. The minimum absolute atomic E-state index is 0.488. The van der Waals surface area contributed by atoms with Crippen molar-refractivity contribution in [2.75, 3.05) is 5.32 Å². The molecule has 0 aliphatic rings. The maximum Gasteiger partial charge on any atom is 0.326 e. The number of rotatable bonds is 5. The number of carboxylic acids is 1. The van der Waals surface area contributed by atoms with Crippen LogP contribution in [0.25, 0.3) is 0 Å². The summed E-state index contributed by atoms with van der Waals surface area (Å²) >= 11 is 0. The van der Waals surface area contributed by atoms with Crippen molar-refractivity contribution in [2.45, 2.75) is 32.7 Å². The fourth-order valence-electron chi connectivity index (χ4n) is 1.40. The van der Waals surface area contributed by atoms with E-state index in [4.69, 9.17) is 5.11 Å². The highest BCUT2D eigenvalue weighted by Crippen LogP contribution is 2.12. The Kier molecular flexibility index (Phi) is 4.16. The average Bonchev–Trinajstić information content (AvgIpc) is 2.20. The Labute approximate surface area is 90.1 Å². The van der Waals surface area contributed by atoms with Crippen LogP contribution in [0.15, 0.2) is 24.3 Å². The molecule has 0 radical (unpaired) electrons. The second-order valence-electron chi connectivity index (χ2n) is 3.69. The van der Waals surface area contributed by atoms with Gasteiger partial charge < -0.3 is 10.4 Å². The van der Waals surface area contributed by atoms with E-state index in [1.807, 2.05) is 38.1 Å². The molecule has 1 aromatic carbocycles. The van der Waals surface area contributed by atoms with Crippen LogP contribution < -0.4 is 5.32 Å². The number of carboxylic acid groups (broad SMARTS) is 1. The summed E-state index contributed by atoms with van der Waals surface area (Å²) in [5, 5.41) is 12.0. The zero-order chi connectivity index (χ0) is 11.3. The number of aliphatic carboxylic acids is 1. The van der Waals surface area contributed by atoms with Gasteiger partial charge in [0.05, 0.1) is 0 Å². The SMILES string of the molecule is CCC[C@@H](Nc1ccc(C)cc1)C(=O)O. The van der Waals surface area contributed by atoms with E-state index in [-0.39, 0.29) is 0 Å². The molecule has 0 saturated carbocycles. The number of aryl methyl sites for hydroxylation is 1. The van der Waals surface area contributed by atoms with Gasteiger partial charge in [0.1, 0.15) is 6.04 Å². The smallest absolute Gasteiger partial charge is 0.326 e. The maximum atomic E-state index is 10.9. The first kappa shape index (κ1) is 11.6. The van der Waals surface area contributed by atoms with E-state index in [0.717, 1.165) is 12.1 Å². The highest BCUT2D eigenvalue weighted by atomic mass is 16.4. The monoisotopic (exact) mass is 207 g/mol. The van der Waals surface area contributed by atoms with Crippen LogP contribution in [0.2, 0.25) is 0 Å². The van der Waals surface area contributed by atoms with Crippen LogP contribution in [0.3, 0.4) is 0 Å². The summed E-state index contributed by atoms with van der Waals surface area (Å²) in [5.41, 5.74) is 2.03. The van der Waals surface area contributed by atoms with Crippen LogP contribution in [0.1, 0.15) is 25.3 Å². The Bertz CT molecular complexity index is 319. The molecule has 0 heterocycles. The molecule has 3 heteroatoms. The molecule has 0 fully saturated rings. The molecule has 0 aliphatic heterocycles. The van der Waals surface area contributed by atoms with Gasteiger partial charge in [-0.1, -0.05) is 31.0 Å². The normalized spacial score (nSPS) is 12.1. The van der Waals surface area contributed by atoms with E-state index >= 15 is 0 Å². The summed E-state index contributed by atoms with van der Waals surface area (Å²) < 4.78 is 0. The van der Waals surface area contributed by atoms with Gasteiger partial charge >= 0.3 is 5.97 Å². The van der Waals surface area contributed by atoms with E-state index in [2.05, 4.69) is 5.32 Å².